The van der Waals surface area contributed by atoms with Gasteiger partial charge < -0.3 is 9.73 Å². The number of thioether (sulfide) groups is 1. The highest BCUT2D eigenvalue weighted by Gasteiger charge is 2.10. The van der Waals surface area contributed by atoms with Gasteiger partial charge in [0, 0.05) is 16.8 Å². The smallest absolute Gasteiger partial charge is 0.257 e. The second kappa shape index (κ2) is 6.73. The van der Waals surface area contributed by atoms with Crippen molar-refractivity contribution in [2.24, 2.45) is 0 Å². The van der Waals surface area contributed by atoms with Gasteiger partial charge in [-0.05, 0) is 30.3 Å². The van der Waals surface area contributed by atoms with E-state index < -0.39 is 0 Å². The third kappa shape index (κ3) is 3.83. The standard InChI is InChI=1S/C16H10ClN3O2S/c17-11-4-5-13-14(7-11)22-16(20-13)23-9-15(21)19-12-3-1-2-10(6-12)8-18/h1-7H,9H2,(H,19,21). The summed E-state index contributed by atoms with van der Waals surface area (Å²) < 4.78 is 5.53. The van der Waals surface area contributed by atoms with Crippen LogP contribution >= 0.6 is 23.4 Å². The van der Waals surface area contributed by atoms with E-state index in [4.69, 9.17) is 21.3 Å². The Morgan fingerprint density at radius 2 is 2.22 bits per heavy atom. The topological polar surface area (TPSA) is 78.9 Å². The van der Waals surface area contributed by atoms with Crippen molar-refractivity contribution in [3.63, 3.8) is 0 Å². The number of fused-ring (bicyclic) bond motifs is 1. The summed E-state index contributed by atoms with van der Waals surface area (Å²) in [7, 11) is 0. The predicted molar refractivity (Wildman–Crippen MR) is 89.5 cm³/mol. The number of benzene rings is 2. The zero-order chi connectivity index (χ0) is 16.2. The monoisotopic (exact) mass is 343 g/mol. The first-order valence-corrected chi connectivity index (χ1v) is 7.99. The summed E-state index contributed by atoms with van der Waals surface area (Å²) in [6, 6.07) is 13.9. The molecule has 0 saturated heterocycles. The summed E-state index contributed by atoms with van der Waals surface area (Å²) in [4.78, 5) is 16.2. The minimum absolute atomic E-state index is 0.150. The molecule has 3 rings (SSSR count). The molecule has 0 atom stereocenters. The second-order valence-electron chi connectivity index (χ2n) is 4.62. The fraction of sp³-hybridized carbons (Fsp3) is 0.0625. The molecule has 1 amide bonds. The van der Waals surface area contributed by atoms with Crippen molar-refractivity contribution in [3.05, 3.63) is 53.1 Å². The van der Waals surface area contributed by atoms with E-state index in [2.05, 4.69) is 10.3 Å². The molecule has 0 unspecified atom stereocenters. The number of halogens is 1. The number of aromatic nitrogens is 1. The first-order chi connectivity index (χ1) is 11.1. The fourth-order valence-electron chi connectivity index (χ4n) is 1.93. The molecular formula is C16H10ClN3O2S. The lowest BCUT2D eigenvalue weighted by Crippen LogP contribution is -2.14. The minimum atomic E-state index is -0.203. The molecule has 7 heteroatoms. The Labute approximate surface area is 141 Å². The number of rotatable bonds is 4. The van der Waals surface area contributed by atoms with Gasteiger partial charge in [-0.15, -0.1) is 0 Å². The van der Waals surface area contributed by atoms with E-state index in [1.807, 2.05) is 6.07 Å². The predicted octanol–water partition coefficient (Wildman–Crippen LogP) is 4.08. The normalized spacial score (nSPS) is 10.4. The van der Waals surface area contributed by atoms with Crippen molar-refractivity contribution in [1.29, 1.82) is 5.26 Å². The van der Waals surface area contributed by atoms with Gasteiger partial charge in [0.15, 0.2) is 5.58 Å². The molecule has 0 radical (unpaired) electrons. The molecule has 1 aromatic heterocycles. The molecule has 0 aliphatic rings. The molecule has 1 N–H and O–H groups in total. The highest BCUT2D eigenvalue weighted by Crippen LogP contribution is 2.25. The number of nitrogens with zero attached hydrogens (tertiary/aromatic N) is 2. The van der Waals surface area contributed by atoms with Crippen LogP contribution in [0.25, 0.3) is 11.1 Å². The number of nitrogens with one attached hydrogen (secondary N) is 1. The molecule has 0 fully saturated rings. The zero-order valence-corrected chi connectivity index (χ0v) is 13.3. The van der Waals surface area contributed by atoms with Crippen LogP contribution in [0.3, 0.4) is 0 Å². The van der Waals surface area contributed by atoms with E-state index in [1.54, 1.807) is 42.5 Å². The third-order valence-electron chi connectivity index (χ3n) is 2.93. The SMILES string of the molecule is N#Cc1cccc(NC(=O)CSc2nc3ccc(Cl)cc3o2)c1. The van der Waals surface area contributed by atoms with E-state index in [0.29, 0.717) is 32.6 Å². The average Bonchev–Trinajstić information content (AvgIpc) is 2.95. The van der Waals surface area contributed by atoms with Crippen LogP contribution in [0.5, 0.6) is 0 Å². The highest BCUT2D eigenvalue weighted by molar-refractivity contribution is 7.99. The molecule has 0 spiro atoms. The van der Waals surface area contributed by atoms with Crippen LogP contribution in [0, 0.1) is 11.3 Å². The molecule has 2 aromatic carbocycles. The molecule has 5 nitrogen and oxygen atoms in total. The Morgan fingerprint density at radius 3 is 3.04 bits per heavy atom. The van der Waals surface area contributed by atoms with Gasteiger partial charge in [0.2, 0.25) is 5.91 Å². The number of anilines is 1. The molecular weight excluding hydrogens is 334 g/mol. The van der Waals surface area contributed by atoms with Gasteiger partial charge in [-0.1, -0.05) is 29.4 Å². The van der Waals surface area contributed by atoms with Gasteiger partial charge in [-0.3, -0.25) is 4.79 Å². The number of carbonyl (C=O) groups is 1. The van der Waals surface area contributed by atoms with Gasteiger partial charge in [-0.2, -0.15) is 5.26 Å². The number of hydrogen-bond acceptors (Lipinski definition) is 5. The fourth-order valence-corrected chi connectivity index (χ4v) is 2.73. The van der Waals surface area contributed by atoms with Gasteiger partial charge >= 0.3 is 0 Å². The third-order valence-corrected chi connectivity index (χ3v) is 4.00. The number of amides is 1. The van der Waals surface area contributed by atoms with Crippen molar-refractivity contribution < 1.29 is 9.21 Å². The first-order valence-electron chi connectivity index (χ1n) is 6.63. The summed E-state index contributed by atoms with van der Waals surface area (Å²) >= 11 is 7.08. The van der Waals surface area contributed by atoms with Crippen LogP contribution in [0.4, 0.5) is 5.69 Å². The lowest BCUT2D eigenvalue weighted by molar-refractivity contribution is -0.113. The van der Waals surface area contributed by atoms with E-state index in [-0.39, 0.29) is 11.7 Å². The Kier molecular flexibility index (Phi) is 4.51. The molecule has 23 heavy (non-hydrogen) atoms. The number of oxazole rings is 1. The lowest BCUT2D eigenvalue weighted by atomic mass is 10.2. The van der Waals surface area contributed by atoms with Gasteiger partial charge in [0.05, 0.1) is 17.4 Å². The van der Waals surface area contributed by atoms with Crippen molar-refractivity contribution in [2.75, 3.05) is 11.1 Å². The number of hydrogen-bond donors (Lipinski definition) is 1. The number of carbonyl (C=O) groups excluding carboxylic acids is 1. The molecule has 0 bridgehead atoms. The average molecular weight is 344 g/mol. The van der Waals surface area contributed by atoms with Gasteiger partial charge in [-0.25, -0.2) is 4.98 Å². The van der Waals surface area contributed by atoms with Crippen LogP contribution in [0.15, 0.2) is 52.1 Å². The van der Waals surface area contributed by atoms with Gasteiger partial charge in [0.25, 0.3) is 5.22 Å². The van der Waals surface area contributed by atoms with Crippen LogP contribution in [0.2, 0.25) is 5.02 Å². The Bertz CT molecular complexity index is 917. The van der Waals surface area contributed by atoms with E-state index >= 15 is 0 Å². The first kappa shape index (κ1) is 15.4. The molecule has 0 aliphatic carbocycles. The summed E-state index contributed by atoms with van der Waals surface area (Å²) in [5, 5.41) is 12.5. The van der Waals surface area contributed by atoms with Crippen molar-refractivity contribution in [1.82, 2.24) is 4.98 Å². The van der Waals surface area contributed by atoms with Gasteiger partial charge in [0.1, 0.15) is 5.52 Å². The van der Waals surface area contributed by atoms with Crippen LogP contribution in [0.1, 0.15) is 5.56 Å². The molecule has 0 saturated carbocycles. The Hall–Kier alpha value is -2.49. The number of nitriles is 1. The van der Waals surface area contributed by atoms with Crippen LogP contribution in [-0.4, -0.2) is 16.6 Å². The zero-order valence-electron chi connectivity index (χ0n) is 11.7. The Balaban J connectivity index is 1.62. The second-order valence-corrected chi connectivity index (χ2v) is 5.98. The Morgan fingerprint density at radius 1 is 1.35 bits per heavy atom. The largest absolute Gasteiger partial charge is 0.431 e. The molecule has 3 aromatic rings. The summed E-state index contributed by atoms with van der Waals surface area (Å²) in [6.07, 6.45) is 0. The van der Waals surface area contributed by atoms with Crippen LogP contribution < -0.4 is 5.32 Å². The summed E-state index contributed by atoms with van der Waals surface area (Å²) in [6.45, 7) is 0. The maximum atomic E-state index is 11.9. The molecule has 114 valence electrons. The molecule has 1 heterocycles. The quantitative estimate of drug-likeness (QED) is 0.722. The molecule has 0 aliphatic heterocycles. The van der Waals surface area contributed by atoms with Crippen LogP contribution in [-0.2, 0) is 4.79 Å². The minimum Gasteiger partial charge on any atom is -0.431 e. The van der Waals surface area contributed by atoms with Crippen molar-refractivity contribution in [2.45, 2.75) is 5.22 Å². The maximum Gasteiger partial charge on any atom is 0.257 e. The van der Waals surface area contributed by atoms with Crippen molar-refractivity contribution >= 4 is 46.1 Å². The van der Waals surface area contributed by atoms with E-state index in [0.717, 1.165) is 0 Å². The highest BCUT2D eigenvalue weighted by atomic mass is 35.5. The summed E-state index contributed by atoms with van der Waals surface area (Å²) in [5.41, 5.74) is 2.35. The summed E-state index contributed by atoms with van der Waals surface area (Å²) in [5.74, 6) is -0.0532. The maximum absolute atomic E-state index is 11.9. The van der Waals surface area contributed by atoms with E-state index in [1.165, 1.54) is 11.8 Å². The van der Waals surface area contributed by atoms with Crippen molar-refractivity contribution in [3.8, 4) is 6.07 Å². The van der Waals surface area contributed by atoms with E-state index in [9.17, 15) is 4.79 Å². The lowest BCUT2D eigenvalue weighted by Gasteiger charge is -2.03.